The lowest BCUT2D eigenvalue weighted by Crippen LogP contribution is -2.25. The Morgan fingerprint density at radius 3 is 2.67 bits per heavy atom. The van der Waals surface area contributed by atoms with Crippen LogP contribution in [0.3, 0.4) is 0 Å². The molecule has 1 unspecified atom stereocenters. The first-order chi connectivity index (χ1) is 11.6. The number of imidazole rings is 1. The number of rotatable bonds is 5. The highest BCUT2D eigenvalue weighted by molar-refractivity contribution is 6.36. The van der Waals surface area contributed by atoms with Gasteiger partial charge in [0, 0.05) is 23.0 Å². The fraction of sp³-hybridized carbons (Fsp3) is 0.111. The minimum atomic E-state index is -0.910. The minimum absolute atomic E-state index is 0.280. The van der Waals surface area contributed by atoms with Gasteiger partial charge in [0.2, 0.25) is 12.0 Å². The molecule has 0 saturated carbocycles. The molecule has 0 saturated heterocycles. The van der Waals surface area contributed by atoms with Gasteiger partial charge in [-0.05, 0) is 36.8 Å². The average Bonchev–Trinajstić information content (AvgIpc) is 3.08. The van der Waals surface area contributed by atoms with E-state index >= 15 is 0 Å². The number of ketones is 1. The van der Waals surface area contributed by atoms with Crippen LogP contribution in [0.5, 0.6) is 5.75 Å². The van der Waals surface area contributed by atoms with E-state index in [1.54, 1.807) is 29.1 Å². The molecular weight excluding hydrogens is 347 g/mol. The number of carbonyl (C=O) groups excluding carboxylic acids is 1. The highest BCUT2D eigenvalue weighted by Gasteiger charge is 2.26. The molecule has 1 heterocycles. The second-order valence-electron chi connectivity index (χ2n) is 5.23. The van der Waals surface area contributed by atoms with Crippen LogP contribution in [0.2, 0.25) is 10.0 Å². The number of ether oxygens (including phenoxy) is 1. The molecule has 0 amide bonds. The number of nitrogens with zero attached hydrogens (tertiary/aromatic N) is 2. The molecule has 2 aromatic carbocycles. The third-order valence-corrected chi connectivity index (χ3v) is 4.10. The number of hydrogen-bond acceptors (Lipinski definition) is 3. The largest absolute Gasteiger partial charge is 0.462 e. The van der Waals surface area contributed by atoms with Gasteiger partial charge in [-0.1, -0.05) is 41.4 Å². The van der Waals surface area contributed by atoms with Crippen molar-refractivity contribution in [2.45, 2.75) is 13.2 Å². The number of carbonyl (C=O) groups is 1. The third-order valence-electron chi connectivity index (χ3n) is 3.55. The Morgan fingerprint density at radius 1 is 1.21 bits per heavy atom. The van der Waals surface area contributed by atoms with Crippen LogP contribution in [-0.4, -0.2) is 15.3 Å². The van der Waals surface area contributed by atoms with E-state index in [0.717, 1.165) is 5.56 Å². The smallest absolute Gasteiger partial charge is 0.241 e. The van der Waals surface area contributed by atoms with Gasteiger partial charge in [-0.3, -0.25) is 9.36 Å². The number of aromatic nitrogens is 2. The zero-order valence-electron chi connectivity index (χ0n) is 12.8. The van der Waals surface area contributed by atoms with Crippen LogP contribution in [-0.2, 0) is 0 Å². The van der Waals surface area contributed by atoms with Gasteiger partial charge in [-0.15, -0.1) is 0 Å². The summed E-state index contributed by atoms with van der Waals surface area (Å²) in [4.78, 5) is 17.0. The predicted octanol–water partition coefficient (Wildman–Crippen LogP) is 4.96. The van der Waals surface area contributed by atoms with Gasteiger partial charge in [0.15, 0.2) is 0 Å². The van der Waals surface area contributed by atoms with Gasteiger partial charge in [0.25, 0.3) is 0 Å². The first kappa shape index (κ1) is 16.6. The number of halogens is 2. The van der Waals surface area contributed by atoms with Crippen LogP contribution in [0.4, 0.5) is 0 Å². The van der Waals surface area contributed by atoms with Gasteiger partial charge < -0.3 is 4.74 Å². The topological polar surface area (TPSA) is 44.1 Å². The van der Waals surface area contributed by atoms with E-state index in [0.29, 0.717) is 16.3 Å². The highest BCUT2D eigenvalue weighted by atomic mass is 35.5. The van der Waals surface area contributed by atoms with Crippen molar-refractivity contribution in [3.05, 3.63) is 82.4 Å². The van der Waals surface area contributed by atoms with E-state index in [1.807, 2.05) is 31.2 Å². The van der Waals surface area contributed by atoms with Crippen LogP contribution in [0, 0.1) is 6.92 Å². The predicted molar refractivity (Wildman–Crippen MR) is 93.9 cm³/mol. The van der Waals surface area contributed by atoms with Gasteiger partial charge in [0.05, 0.1) is 11.3 Å². The van der Waals surface area contributed by atoms with E-state index in [9.17, 15) is 4.79 Å². The number of benzene rings is 2. The Kier molecular flexibility index (Phi) is 4.88. The zero-order chi connectivity index (χ0) is 17.1. The molecule has 0 spiro atoms. The van der Waals surface area contributed by atoms with Crippen molar-refractivity contribution in [3.63, 3.8) is 0 Å². The normalized spacial score (nSPS) is 12.0. The van der Waals surface area contributed by atoms with Crippen molar-refractivity contribution in [1.82, 2.24) is 9.55 Å². The van der Waals surface area contributed by atoms with Crippen molar-refractivity contribution in [2.75, 3.05) is 0 Å². The maximum absolute atomic E-state index is 13.0. The van der Waals surface area contributed by atoms with Gasteiger partial charge >= 0.3 is 0 Å². The fourth-order valence-electron chi connectivity index (χ4n) is 2.29. The summed E-state index contributed by atoms with van der Waals surface area (Å²) in [5, 5.41) is 0.751. The lowest BCUT2D eigenvalue weighted by molar-refractivity contribution is 0.0652. The third kappa shape index (κ3) is 3.45. The molecule has 0 N–H and O–H groups in total. The molecule has 24 heavy (non-hydrogen) atoms. The molecule has 6 heteroatoms. The Hall–Kier alpha value is -2.30. The van der Waals surface area contributed by atoms with Crippen LogP contribution in [0.25, 0.3) is 0 Å². The summed E-state index contributed by atoms with van der Waals surface area (Å²) in [6.45, 7) is 1.92. The van der Waals surface area contributed by atoms with Gasteiger partial charge in [0.1, 0.15) is 5.75 Å². The summed E-state index contributed by atoms with van der Waals surface area (Å²) in [6, 6.07) is 12.3. The van der Waals surface area contributed by atoms with E-state index in [1.165, 1.54) is 12.4 Å². The summed E-state index contributed by atoms with van der Waals surface area (Å²) in [7, 11) is 0. The number of para-hydroxylation sites is 1. The van der Waals surface area contributed by atoms with Crippen molar-refractivity contribution in [1.29, 1.82) is 0 Å². The summed E-state index contributed by atoms with van der Waals surface area (Å²) in [5.41, 5.74) is 1.27. The summed E-state index contributed by atoms with van der Waals surface area (Å²) >= 11 is 12.1. The van der Waals surface area contributed by atoms with E-state index in [4.69, 9.17) is 27.9 Å². The summed E-state index contributed by atoms with van der Waals surface area (Å²) in [5.74, 6) is 0.340. The number of Topliss-reactive ketones (excluding diaryl/α,β-unsaturated/α-hetero) is 1. The Labute approximate surface area is 149 Å². The molecule has 4 nitrogen and oxygen atoms in total. The van der Waals surface area contributed by atoms with Crippen molar-refractivity contribution >= 4 is 29.0 Å². The first-order valence-corrected chi connectivity index (χ1v) is 8.01. The SMILES string of the molecule is Cc1ccccc1OC(C(=O)c1ccc(Cl)cc1Cl)n1ccnc1. The van der Waals surface area contributed by atoms with Crippen LogP contribution in [0.1, 0.15) is 22.1 Å². The number of hydrogen-bond donors (Lipinski definition) is 0. The molecular formula is C18H14Cl2N2O2. The van der Waals surface area contributed by atoms with Gasteiger partial charge in [-0.25, -0.2) is 4.98 Å². The maximum atomic E-state index is 13.0. The Balaban J connectivity index is 1.99. The summed E-state index contributed by atoms with van der Waals surface area (Å²) < 4.78 is 7.57. The molecule has 1 aromatic heterocycles. The summed E-state index contributed by atoms with van der Waals surface area (Å²) in [6.07, 6.45) is 3.88. The lowest BCUT2D eigenvalue weighted by Gasteiger charge is -2.20. The Morgan fingerprint density at radius 2 is 2.00 bits per heavy atom. The Bertz CT molecular complexity index is 863. The van der Waals surface area contributed by atoms with Crippen molar-refractivity contribution in [2.24, 2.45) is 0 Å². The van der Waals surface area contributed by atoms with E-state index in [2.05, 4.69) is 4.98 Å². The second-order valence-corrected chi connectivity index (χ2v) is 6.08. The molecule has 0 aliphatic rings. The molecule has 0 bridgehead atoms. The first-order valence-electron chi connectivity index (χ1n) is 7.25. The minimum Gasteiger partial charge on any atom is -0.462 e. The standard InChI is InChI=1S/C18H14Cl2N2O2/c1-12-4-2-3-5-16(12)24-18(22-9-8-21-11-22)17(23)14-7-6-13(19)10-15(14)20/h2-11,18H,1H3. The molecule has 3 rings (SSSR count). The van der Waals surface area contributed by atoms with E-state index < -0.39 is 6.23 Å². The molecule has 122 valence electrons. The lowest BCUT2D eigenvalue weighted by atomic mass is 10.1. The average molecular weight is 361 g/mol. The molecule has 1 atom stereocenters. The molecule has 3 aromatic rings. The fourth-order valence-corrected chi connectivity index (χ4v) is 2.79. The van der Waals surface area contributed by atoms with Crippen LogP contribution in [0.15, 0.2) is 61.2 Å². The number of aryl methyl sites for hydroxylation is 1. The van der Waals surface area contributed by atoms with Crippen LogP contribution >= 0.6 is 23.2 Å². The van der Waals surface area contributed by atoms with Crippen LogP contribution < -0.4 is 4.74 Å². The monoisotopic (exact) mass is 360 g/mol. The molecule has 0 fully saturated rings. The molecule has 0 aliphatic carbocycles. The molecule has 0 radical (unpaired) electrons. The van der Waals surface area contributed by atoms with Crippen molar-refractivity contribution < 1.29 is 9.53 Å². The van der Waals surface area contributed by atoms with E-state index in [-0.39, 0.29) is 10.8 Å². The highest BCUT2D eigenvalue weighted by Crippen LogP contribution is 2.28. The maximum Gasteiger partial charge on any atom is 0.241 e. The van der Waals surface area contributed by atoms with Gasteiger partial charge in [-0.2, -0.15) is 0 Å². The quantitative estimate of drug-likeness (QED) is 0.604. The zero-order valence-corrected chi connectivity index (χ0v) is 14.3. The van der Waals surface area contributed by atoms with Crippen molar-refractivity contribution in [3.8, 4) is 5.75 Å². The molecule has 0 aliphatic heterocycles. The second kappa shape index (κ2) is 7.07.